The smallest absolute Gasteiger partial charge is 0.253 e. The van der Waals surface area contributed by atoms with E-state index >= 15 is 0 Å². The zero-order chi connectivity index (χ0) is 13.8. The summed E-state index contributed by atoms with van der Waals surface area (Å²) in [5.74, 6) is -1.27. The van der Waals surface area contributed by atoms with Gasteiger partial charge in [0.2, 0.25) is 0 Å². The number of nitrogens with one attached hydrogen (secondary N) is 1. The van der Waals surface area contributed by atoms with Gasteiger partial charge in [0.25, 0.3) is 5.91 Å². The summed E-state index contributed by atoms with van der Waals surface area (Å²) in [5, 5.41) is 3.40. The minimum Gasteiger partial charge on any atom is -0.370 e. The van der Waals surface area contributed by atoms with Crippen molar-refractivity contribution in [3.05, 3.63) is 29.6 Å². The second-order valence-electron chi connectivity index (χ2n) is 4.83. The Labute approximate surface area is 112 Å². The summed E-state index contributed by atoms with van der Waals surface area (Å²) >= 11 is 0. The first-order valence-corrected chi connectivity index (χ1v) is 6.70. The number of nitrogens with zero attached hydrogens (tertiary/aromatic N) is 1. The predicted molar refractivity (Wildman–Crippen MR) is 73.8 cm³/mol. The van der Waals surface area contributed by atoms with Crippen molar-refractivity contribution in [3.8, 4) is 0 Å². The minimum absolute atomic E-state index is 0.0117. The van der Waals surface area contributed by atoms with Crippen LogP contribution in [0, 0.1) is 5.82 Å². The van der Waals surface area contributed by atoms with Crippen LogP contribution in [-0.4, -0.2) is 31.6 Å². The highest BCUT2D eigenvalue weighted by atomic mass is 19.1. The fourth-order valence-electron chi connectivity index (χ4n) is 2.60. The molecule has 4 nitrogen and oxygen atoms in total. The highest BCUT2D eigenvalue weighted by Gasteiger charge is 2.22. The lowest BCUT2D eigenvalue weighted by atomic mass is 10.1. The monoisotopic (exact) mass is 265 g/mol. The predicted octanol–water partition coefficient (Wildman–Crippen LogP) is 1.50. The topological polar surface area (TPSA) is 58.4 Å². The number of amides is 1. The van der Waals surface area contributed by atoms with Crippen molar-refractivity contribution >= 4 is 11.6 Å². The van der Waals surface area contributed by atoms with Crippen LogP contribution in [0.4, 0.5) is 10.1 Å². The minimum atomic E-state index is -0.717. The van der Waals surface area contributed by atoms with Crippen LogP contribution >= 0.6 is 0 Å². The molecule has 0 saturated carbocycles. The molecule has 1 aromatic rings. The first-order valence-electron chi connectivity index (χ1n) is 6.70. The van der Waals surface area contributed by atoms with Crippen molar-refractivity contribution in [1.82, 2.24) is 5.32 Å². The van der Waals surface area contributed by atoms with Gasteiger partial charge in [-0.2, -0.15) is 0 Å². The van der Waals surface area contributed by atoms with Crippen molar-refractivity contribution in [2.75, 3.05) is 24.5 Å². The van der Waals surface area contributed by atoms with E-state index in [1.165, 1.54) is 6.07 Å². The molecule has 0 spiro atoms. The van der Waals surface area contributed by atoms with Gasteiger partial charge in [-0.15, -0.1) is 0 Å². The number of anilines is 1. The summed E-state index contributed by atoms with van der Waals surface area (Å²) in [6.45, 7) is 4.49. The zero-order valence-corrected chi connectivity index (χ0v) is 11.2. The van der Waals surface area contributed by atoms with Gasteiger partial charge in [0.1, 0.15) is 5.82 Å². The Bertz CT molecular complexity index is 458. The molecule has 2 rings (SSSR count). The molecule has 1 aliphatic heterocycles. The fourth-order valence-corrected chi connectivity index (χ4v) is 2.60. The molecule has 1 amide bonds. The first-order chi connectivity index (χ1) is 9.13. The quantitative estimate of drug-likeness (QED) is 0.848. The molecule has 104 valence electrons. The molecule has 0 radical (unpaired) electrons. The molecule has 0 bridgehead atoms. The summed E-state index contributed by atoms with van der Waals surface area (Å²) in [7, 11) is 0. The van der Waals surface area contributed by atoms with Gasteiger partial charge in [0, 0.05) is 19.1 Å². The lowest BCUT2D eigenvalue weighted by Gasteiger charge is -2.28. The van der Waals surface area contributed by atoms with Gasteiger partial charge in [-0.1, -0.05) is 6.07 Å². The third-order valence-electron chi connectivity index (χ3n) is 3.56. The van der Waals surface area contributed by atoms with E-state index in [0.29, 0.717) is 18.3 Å². The van der Waals surface area contributed by atoms with Crippen molar-refractivity contribution in [2.45, 2.75) is 25.8 Å². The summed E-state index contributed by atoms with van der Waals surface area (Å²) in [6.07, 6.45) is 2.27. The third-order valence-corrected chi connectivity index (χ3v) is 3.56. The normalized spacial score (nSPS) is 18.5. The summed E-state index contributed by atoms with van der Waals surface area (Å²) in [6, 6.07) is 5.03. The van der Waals surface area contributed by atoms with Gasteiger partial charge in [0.05, 0.1) is 11.3 Å². The number of benzene rings is 1. The largest absolute Gasteiger partial charge is 0.370 e. The van der Waals surface area contributed by atoms with Gasteiger partial charge in [-0.25, -0.2) is 4.39 Å². The second kappa shape index (κ2) is 6.02. The van der Waals surface area contributed by atoms with E-state index in [-0.39, 0.29) is 5.56 Å². The van der Waals surface area contributed by atoms with Crippen molar-refractivity contribution in [3.63, 3.8) is 0 Å². The maximum absolute atomic E-state index is 13.8. The summed E-state index contributed by atoms with van der Waals surface area (Å²) in [4.78, 5) is 13.4. The molecule has 1 atom stereocenters. The highest BCUT2D eigenvalue weighted by molar-refractivity contribution is 5.99. The molecular formula is C14H20FN3O. The zero-order valence-electron chi connectivity index (χ0n) is 11.2. The maximum atomic E-state index is 13.8. The van der Waals surface area contributed by atoms with Gasteiger partial charge in [-0.05, 0) is 38.4 Å². The van der Waals surface area contributed by atoms with Gasteiger partial charge >= 0.3 is 0 Å². The average Bonchev–Trinajstić information content (AvgIpc) is 2.88. The number of likely N-dealkylation sites (N-methyl/N-ethyl adjacent to an activating group) is 1. The Kier molecular flexibility index (Phi) is 4.37. The summed E-state index contributed by atoms with van der Waals surface area (Å²) < 4.78 is 13.8. The van der Waals surface area contributed by atoms with Gasteiger partial charge in [-0.3, -0.25) is 4.79 Å². The molecule has 19 heavy (non-hydrogen) atoms. The molecule has 0 aliphatic carbocycles. The van der Waals surface area contributed by atoms with Crippen LogP contribution in [-0.2, 0) is 0 Å². The molecule has 1 heterocycles. The van der Waals surface area contributed by atoms with E-state index < -0.39 is 11.7 Å². The van der Waals surface area contributed by atoms with Crippen LogP contribution in [0.3, 0.4) is 0 Å². The number of primary amides is 1. The molecular weight excluding hydrogens is 245 g/mol. The van der Waals surface area contributed by atoms with Crippen LogP contribution < -0.4 is 16.0 Å². The Morgan fingerprint density at radius 2 is 2.37 bits per heavy atom. The molecule has 0 aromatic heterocycles. The summed E-state index contributed by atoms with van der Waals surface area (Å²) in [5.41, 5.74) is 5.87. The van der Waals surface area contributed by atoms with Gasteiger partial charge in [0.15, 0.2) is 0 Å². The van der Waals surface area contributed by atoms with Crippen LogP contribution in [0.2, 0.25) is 0 Å². The van der Waals surface area contributed by atoms with Crippen molar-refractivity contribution < 1.29 is 9.18 Å². The van der Waals surface area contributed by atoms with E-state index in [4.69, 9.17) is 5.73 Å². The number of hydrogen-bond acceptors (Lipinski definition) is 3. The lowest BCUT2D eigenvalue weighted by Crippen LogP contribution is -2.38. The fraction of sp³-hybridized carbons (Fsp3) is 0.500. The molecule has 1 aliphatic rings. The number of carbonyl (C=O) groups excluding carboxylic acids is 1. The third kappa shape index (κ3) is 3.04. The van der Waals surface area contributed by atoms with Crippen molar-refractivity contribution in [2.24, 2.45) is 5.73 Å². The van der Waals surface area contributed by atoms with Crippen LogP contribution in [0.5, 0.6) is 0 Å². The van der Waals surface area contributed by atoms with Crippen LogP contribution in [0.15, 0.2) is 18.2 Å². The Hall–Kier alpha value is -1.62. The number of nitrogens with two attached hydrogens (primary N) is 1. The average molecular weight is 265 g/mol. The molecule has 1 aromatic carbocycles. The van der Waals surface area contributed by atoms with E-state index in [2.05, 4.69) is 5.32 Å². The SMILES string of the molecule is CCN(CC1CCCN1)c1cccc(F)c1C(N)=O. The number of halogens is 1. The van der Waals surface area contributed by atoms with Crippen molar-refractivity contribution in [1.29, 1.82) is 0 Å². The van der Waals surface area contributed by atoms with Crippen LogP contribution in [0.1, 0.15) is 30.1 Å². The molecule has 3 N–H and O–H groups in total. The lowest BCUT2D eigenvalue weighted by molar-refractivity contribution is 0.0997. The number of rotatable bonds is 5. The van der Waals surface area contributed by atoms with E-state index in [0.717, 1.165) is 25.9 Å². The Morgan fingerprint density at radius 3 is 2.95 bits per heavy atom. The first kappa shape index (κ1) is 13.8. The van der Waals surface area contributed by atoms with E-state index in [1.54, 1.807) is 12.1 Å². The molecule has 1 saturated heterocycles. The van der Waals surface area contributed by atoms with Gasteiger partial charge < -0.3 is 16.0 Å². The molecule has 1 unspecified atom stereocenters. The maximum Gasteiger partial charge on any atom is 0.253 e. The molecule has 5 heteroatoms. The standard InChI is InChI=1S/C14H20FN3O/c1-2-18(9-10-5-4-8-17-10)12-7-3-6-11(15)13(12)14(16)19/h3,6-7,10,17H,2,4-5,8-9H2,1H3,(H2,16,19). The van der Waals surface area contributed by atoms with E-state index in [1.807, 2.05) is 11.8 Å². The molecule has 1 fully saturated rings. The van der Waals surface area contributed by atoms with E-state index in [9.17, 15) is 9.18 Å². The Morgan fingerprint density at radius 1 is 1.58 bits per heavy atom. The second-order valence-corrected chi connectivity index (χ2v) is 4.83. The number of carbonyl (C=O) groups is 1. The Balaban J connectivity index is 2.26. The number of hydrogen-bond donors (Lipinski definition) is 2. The highest BCUT2D eigenvalue weighted by Crippen LogP contribution is 2.24. The van der Waals surface area contributed by atoms with Crippen LogP contribution in [0.25, 0.3) is 0 Å².